The summed E-state index contributed by atoms with van der Waals surface area (Å²) in [6.45, 7) is 1.12. The molecule has 4 rings (SSSR count). The zero-order valence-corrected chi connectivity index (χ0v) is 15.6. The molecule has 2 aromatic heterocycles. The molecular formula is C18H15N5O4S. The number of ether oxygens (including phenoxy) is 1. The quantitative estimate of drug-likeness (QED) is 0.499. The summed E-state index contributed by atoms with van der Waals surface area (Å²) in [6, 6.07) is 6.78. The third-order valence-corrected chi connectivity index (χ3v) is 5.04. The Bertz CT molecular complexity index is 1060. The molecule has 10 heteroatoms. The fourth-order valence-electron chi connectivity index (χ4n) is 2.80. The normalized spacial score (nSPS) is 15.2. The molecule has 0 saturated heterocycles. The number of esters is 1. The molecule has 1 aromatic carbocycles. The van der Waals surface area contributed by atoms with E-state index in [1.165, 1.54) is 11.3 Å². The minimum Gasteiger partial charge on any atom is -0.456 e. The van der Waals surface area contributed by atoms with Gasteiger partial charge in [-0.1, -0.05) is 0 Å². The zero-order chi connectivity index (χ0) is 19.7. The predicted molar refractivity (Wildman–Crippen MR) is 99.9 cm³/mol. The fourth-order valence-corrected chi connectivity index (χ4v) is 3.43. The van der Waals surface area contributed by atoms with Crippen LogP contribution in [0.5, 0.6) is 0 Å². The second-order valence-electron chi connectivity index (χ2n) is 6.25. The predicted octanol–water partition coefficient (Wildman–Crippen LogP) is 1.88. The van der Waals surface area contributed by atoms with Crippen molar-refractivity contribution in [3.05, 3.63) is 46.2 Å². The van der Waals surface area contributed by atoms with Crippen molar-refractivity contribution in [2.24, 2.45) is 0 Å². The number of rotatable bonds is 6. The third kappa shape index (κ3) is 3.54. The number of hydrogen-bond acceptors (Lipinski definition) is 8. The fraction of sp³-hybridized carbons (Fsp3) is 0.222. The molecule has 0 aliphatic carbocycles. The number of hydrogen-bond donors (Lipinski definition) is 1. The summed E-state index contributed by atoms with van der Waals surface area (Å²) in [7, 11) is 0. The number of nitrogens with zero attached hydrogens (tertiary/aromatic N) is 4. The molecule has 1 aliphatic rings. The van der Waals surface area contributed by atoms with Crippen LogP contribution in [0.2, 0.25) is 0 Å². The number of amides is 1. The summed E-state index contributed by atoms with van der Waals surface area (Å²) in [4.78, 5) is 37.1. The summed E-state index contributed by atoms with van der Waals surface area (Å²) < 4.78 is 5.03. The number of nitrogens with one attached hydrogen (secondary N) is 1. The Morgan fingerprint density at radius 3 is 2.96 bits per heavy atom. The van der Waals surface area contributed by atoms with Gasteiger partial charge in [0.05, 0.1) is 5.92 Å². The number of anilines is 1. The Hall–Kier alpha value is -3.40. The van der Waals surface area contributed by atoms with Crippen molar-refractivity contribution in [1.29, 1.82) is 0 Å². The molecule has 0 bridgehead atoms. The minimum atomic E-state index is -0.644. The highest BCUT2D eigenvalue weighted by molar-refractivity contribution is 7.08. The van der Waals surface area contributed by atoms with Crippen LogP contribution in [-0.4, -0.2) is 44.5 Å². The van der Waals surface area contributed by atoms with Gasteiger partial charge in [0.2, 0.25) is 11.7 Å². The Morgan fingerprint density at radius 1 is 1.32 bits per heavy atom. The number of Topliss-reactive ketones (excluding diaryl/α,β-unsaturated/α-hetero) is 1. The number of carbonyl (C=O) groups is 3. The number of ketones is 1. The van der Waals surface area contributed by atoms with Crippen molar-refractivity contribution in [3.63, 3.8) is 0 Å². The van der Waals surface area contributed by atoms with Crippen molar-refractivity contribution >= 4 is 34.7 Å². The molecule has 9 nitrogen and oxygen atoms in total. The zero-order valence-electron chi connectivity index (χ0n) is 14.8. The summed E-state index contributed by atoms with van der Waals surface area (Å²) >= 11 is 1.51. The number of thiophene rings is 1. The highest BCUT2D eigenvalue weighted by atomic mass is 32.1. The van der Waals surface area contributed by atoms with Gasteiger partial charge in [-0.05, 0) is 47.3 Å². The topological polar surface area (TPSA) is 116 Å². The average molecular weight is 397 g/mol. The van der Waals surface area contributed by atoms with Crippen LogP contribution in [0, 0.1) is 0 Å². The summed E-state index contributed by atoms with van der Waals surface area (Å²) in [5.41, 5.74) is 2.66. The Balaban J connectivity index is 1.34. The van der Waals surface area contributed by atoms with Gasteiger partial charge < -0.3 is 10.1 Å². The van der Waals surface area contributed by atoms with E-state index < -0.39 is 12.6 Å². The van der Waals surface area contributed by atoms with Crippen LogP contribution in [0.4, 0.5) is 5.69 Å². The van der Waals surface area contributed by atoms with Crippen molar-refractivity contribution in [3.8, 4) is 11.4 Å². The maximum atomic E-state index is 12.3. The third-order valence-electron chi connectivity index (χ3n) is 4.36. The number of tetrazole rings is 1. The standard InChI is InChI=1S/C18H15N5O4S/c1-10-13-6-11(2-3-14(13)19-18(10)26)15(24)8-27-16(25)7-23-21-17(20-22-23)12-4-5-28-9-12/h2-6,9-10H,7-8H2,1H3,(H,19,26)/t10-/m1/s1. The molecule has 0 saturated carbocycles. The molecule has 3 heterocycles. The largest absolute Gasteiger partial charge is 0.456 e. The van der Waals surface area contributed by atoms with Gasteiger partial charge in [-0.3, -0.25) is 9.59 Å². The first-order chi connectivity index (χ1) is 13.5. The second-order valence-corrected chi connectivity index (χ2v) is 7.03. The average Bonchev–Trinajstić information content (AvgIpc) is 3.41. The summed E-state index contributed by atoms with van der Waals surface area (Å²) in [5.74, 6) is -1.00. The van der Waals surface area contributed by atoms with E-state index in [1.807, 2.05) is 16.8 Å². The van der Waals surface area contributed by atoms with Crippen LogP contribution in [-0.2, 0) is 20.9 Å². The number of benzene rings is 1. The number of carbonyl (C=O) groups excluding carboxylic acids is 3. The first-order valence-electron chi connectivity index (χ1n) is 8.45. The second kappa shape index (κ2) is 7.31. The monoisotopic (exact) mass is 397 g/mol. The molecule has 0 radical (unpaired) electrons. The Morgan fingerprint density at radius 2 is 2.18 bits per heavy atom. The molecule has 142 valence electrons. The van der Waals surface area contributed by atoms with E-state index in [9.17, 15) is 14.4 Å². The van der Waals surface area contributed by atoms with Gasteiger partial charge in [-0.2, -0.15) is 16.1 Å². The molecule has 1 atom stereocenters. The molecule has 3 aromatic rings. The first kappa shape index (κ1) is 18.0. The van der Waals surface area contributed by atoms with E-state index in [0.29, 0.717) is 17.1 Å². The Kier molecular flexibility index (Phi) is 4.70. The maximum absolute atomic E-state index is 12.3. The molecule has 1 N–H and O–H groups in total. The van der Waals surface area contributed by atoms with Crippen molar-refractivity contribution in [2.45, 2.75) is 19.4 Å². The number of aromatic nitrogens is 4. The van der Waals surface area contributed by atoms with Gasteiger partial charge in [0.1, 0.15) is 0 Å². The van der Waals surface area contributed by atoms with Crippen LogP contribution >= 0.6 is 11.3 Å². The smallest absolute Gasteiger partial charge is 0.330 e. The van der Waals surface area contributed by atoms with Crippen LogP contribution in [0.15, 0.2) is 35.0 Å². The van der Waals surface area contributed by atoms with Gasteiger partial charge in [-0.15, -0.1) is 10.2 Å². The van der Waals surface area contributed by atoms with Crippen LogP contribution in [0.25, 0.3) is 11.4 Å². The van der Waals surface area contributed by atoms with Crippen molar-refractivity contribution in [1.82, 2.24) is 20.2 Å². The van der Waals surface area contributed by atoms with Gasteiger partial charge >= 0.3 is 5.97 Å². The van der Waals surface area contributed by atoms with E-state index >= 15 is 0 Å². The van der Waals surface area contributed by atoms with Gasteiger partial charge in [0.25, 0.3) is 0 Å². The Labute approximate surface area is 163 Å². The lowest BCUT2D eigenvalue weighted by atomic mass is 9.99. The molecular weight excluding hydrogens is 382 g/mol. The van der Waals surface area contributed by atoms with Crippen LogP contribution < -0.4 is 5.32 Å². The lowest BCUT2D eigenvalue weighted by molar-refractivity contribution is -0.143. The van der Waals surface area contributed by atoms with E-state index in [1.54, 1.807) is 25.1 Å². The lowest BCUT2D eigenvalue weighted by Crippen LogP contribution is -2.20. The van der Waals surface area contributed by atoms with Gasteiger partial charge in [-0.25, -0.2) is 4.79 Å². The van der Waals surface area contributed by atoms with Gasteiger partial charge in [0.15, 0.2) is 18.9 Å². The lowest BCUT2D eigenvalue weighted by Gasteiger charge is -2.06. The molecule has 0 unspecified atom stereocenters. The number of fused-ring (bicyclic) bond motifs is 1. The molecule has 1 aliphatic heterocycles. The van der Waals surface area contributed by atoms with Crippen molar-refractivity contribution < 1.29 is 19.1 Å². The molecule has 0 fully saturated rings. The summed E-state index contributed by atoms with van der Waals surface area (Å²) in [5, 5.41) is 18.3. The SMILES string of the molecule is C[C@H]1C(=O)Nc2ccc(C(=O)COC(=O)Cn3nnc(-c4ccsc4)n3)cc21. The van der Waals surface area contributed by atoms with Gasteiger partial charge in [0, 0.05) is 22.2 Å². The van der Waals surface area contributed by atoms with E-state index in [2.05, 4.69) is 20.7 Å². The van der Waals surface area contributed by atoms with E-state index in [0.717, 1.165) is 15.9 Å². The van der Waals surface area contributed by atoms with E-state index in [4.69, 9.17) is 4.74 Å². The van der Waals surface area contributed by atoms with E-state index in [-0.39, 0.29) is 24.2 Å². The first-order valence-corrected chi connectivity index (χ1v) is 9.39. The van der Waals surface area contributed by atoms with Crippen molar-refractivity contribution in [2.75, 3.05) is 11.9 Å². The van der Waals surface area contributed by atoms with Crippen LogP contribution in [0.1, 0.15) is 28.8 Å². The molecule has 0 spiro atoms. The highest BCUT2D eigenvalue weighted by Gasteiger charge is 2.27. The summed E-state index contributed by atoms with van der Waals surface area (Å²) in [6.07, 6.45) is 0. The molecule has 1 amide bonds. The maximum Gasteiger partial charge on any atom is 0.330 e. The molecule has 28 heavy (non-hydrogen) atoms. The minimum absolute atomic E-state index is 0.104. The van der Waals surface area contributed by atoms with Crippen LogP contribution in [0.3, 0.4) is 0 Å². The highest BCUT2D eigenvalue weighted by Crippen LogP contribution is 2.32.